The summed E-state index contributed by atoms with van der Waals surface area (Å²) < 4.78 is 10.3. The van der Waals surface area contributed by atoms with Gasteiger partial charge in [-0.2, -0.15) is 0 Å². The number of hydrogen-bond donors (Lipinski definition) is 1. The first kappa shape index (κ1) is 23.6. The number of rotatable bonds is 10. The maximum Gasteiger partial charge on any atom is 0.313 e. The molecule has 2 aromatic rings. The fraction of sp³-hybridized carbons (Fsp3) is 0.407. The zero-order valence-corrected chi connectivity index (χ0v) is 19.2. The third-order valence-corrected chi connectivity index (χ3v) is 6.08. The van der Waals surface area contributed by atoms with Gasteiger partial charge in [-0.3, -0.25) is 9.59 Å². The normalized spacial score (nSPS) is 18.2. The van der Waals surface area contributed by atoms with E-state index in [2.05, 4.69) is 12.2 Å². The predicted molar refractivity (Wildman–Crippen MR) is 126 cm³/mol. The van der Waals surface area contributed by atoms with E-state index in [1.807, 2.05) is 60.7 Å². The van der Waals surface area contributed by atoms with Gasteiger partial charge in [-0.25, -0.2) is 0 Å². The highest BCUT2D eigenvalue weighted by Gasteiger charge is 2.34. The molecule has 170 valence electrons. The number of amides is 1. The van der Waals surface area contributed by atoms with Crippen molar-refractivity contribution in [1.29, 1.82) is 0 Å². The molecular formula is C27H33NO4. The molecule has 0 fully saturated rings. The Kier molecular flexibility index (Phi) is 8.48. The Morgan fingerprint density at radius 2 is 1.72 bits per heavy atom. The molecule has 0 unspecified atom stereocenters. The quantitative estimate of drug-likeness (QED) is 0.322. The van der Waals surface area contributed by atoms with Gasteiger partial charge in [0.25, 0.3) is 5.91 Å². The predicted octanol–water partition coefficient (Wildman–Crippen LogP) is 5.06. The first-order valence-corrected chi connectivity index (χ1v) is 11.4. The molecule has 1 aliphatic rings. The van der Waals surface area contributed by atoms with E-state index in [9.17, 15) is 9.59 Å². The third-order valence-electron chi connectivity index (χ3n) is 6.08. The number of ether oxygens (including phenoxy) is 2. The van der Waals surface area contributed by atoms with Crippen LogP contribution in [0.4, 0.5) is 0 Å². The van der Waals surface area contributed by atoms with Crippen LogP contribution in [0, 0.1) is 5.92 Å². The lowest BCUT2D eigenvalue weighted by Gasteiger charge is -2.22. The van der Waals surface area contributed by atoms with Crippen molar-refractivity contribution in [3.05, 3.63) is 77.4 Å². The van der Waals surface area contributed by atoms with Crippen LogP contribution in [0.3, 0.4) is 0 Å². The second-order valence-corrected chi connectivity index (χ2v) is 8.29. The Hall–Kier alpha value is -3.08. The molecule has 5 heteroatoms. The summed E-state index contributed by atoms with van der Waals surface area (Å²) in [6, 6.07) is 15.2. The molecular weight excluding hydrogens is 402 g/mol. The van der Waals surface area contributed by atoms with Gasteiger partial charge >= 0.3 is 5.97 Å². The lowest BCUT2D eigenvalue weighted by Crippen LogP contribution is -2.33. The number of nitrogens with one attached hydrogen (secondary N) is 1. The van der Waals surface area contributed by atoms with Crippen LogP contribution in [-0.2, 0) is 16.0 Å². The number of benzene rings is 2. The molecule has 0 aliphatic heterocycles. The van der Waals surface area contributed by atoms with E-state index < -0.39 is 5.92 Å². The van der Waals surface area contributed by atoms with Gasteiger partial charge in [-0.15, -0.1) is 0 Å². The van der Waals surface area contributed by atoms with Gasteiger partial charge < -0.3 is 14.8 Å². The highest BCUT2D eigenvalue weighted by atomic mass is 16.5. The summed E-state index contributed by atoms with van der Waals surface area (Å²) in [6.07, 6.45) is 9.27. The topological polar surface area (TPSA) is 64.6 Å². The summed E-state index contributed by atoms with van der Waals surface area (Å²) in [5.74, 6) is -0.121. The first-order chi connectivity index (χ1) is 15.5. The fourth-order valence-corrected chi connectivity index (χ4v) is 4.23. The van der Waals surface area contributed by atoms with Gasteiger partial charge in [0.05, 0.1) is 20.1 Å². The van der Waals surface area contributed by atoms with Gasteiger partial charge in [-0.1, -0.05) is 56.2 Å². The Labute approximate surface area is 190 Å². The van der Waals surface area contributed by atoms with Crippen LogP contribution in [0.2, 0.25) is 0 Å². The molecule has 0 aromatic heterocycles. The molecule has 0 saturated carbocycles. The van der Waals surface area contributed by atoms with Crippen molar-refractivity contribution in [3.63, 3.8) is 0 Å². The zero-order valence-electron chi connectivity index (χ0n) is 19.2. The number of methoxy groups -OCH3 is 2. The minimum Gasteiger partial charge on any atom is -0.497 e. The Morgan fingerprint density at radius 1 is 1.00 bits per heavy atom. The van der Waals surface area contributed by atoms with E-state index in [0.717, 1.165) is 17.7 Å². The van der Waals surface area contributed by atoms with Crippen molar-refractivity contribution < 1.29 is 19.1 Å². The standard InChI is InChI=1S/C27H33NO4/c1-4-5-6-7-19-8-10-21(11-9-19)26(29)28-23-15-12-22(18-23)25(27(30)32-3)20-13-16-24(31-2)17-14-20/h8-17,22-23,25H,4-7,18H2,1-3H3,(H,28,29)/t22-,23+,25-/m0/s1. The molecule has 0 bridgehead atoms. The second kappa shape index (κ2) is 11.5. The van der Waals surface area contributed by atoms with Crippen LogP contribution >= 0.6 is 0 Å². The van der Waals surface area contributed by atoms with Gasteiger partial charge in [0.1, 0.15) is 5.75 Å². The van der Waals surface area contributed by atoms with E-state index in [0.29, 0.717) is 12.0 Å². The molecule has 3 rings (SSSR count). The van der Waals surface area contributed by atoms with Crippen LogP contribution in [0.1, 0.15) is 60.0 Å². The number of esters is 1. The number of carbonyl (C=O) groups is 2. The number of aryl methyl sites for hydroxylation is 1. The van der Waals surface area contributed by atoms with Crippen LogP contribution < -0.4 is 10.1 Å². The van der Waals surface area contributed by atoms with Gasteiger partial charge in [-0.05, 0) is 60.6 Å². The average Bonchev–Trinajstić information content (AvgIpc) is 3.27. The average molecular weight is 436 g/mol. The SMILES string of the molecule is CCCCCc1ccc(C(=O)N[C@@H]2C=C[C@H]([C@@H](C(=O)OC)c3ccc(OC)cc3)C2)cc1. The molecule has 5 nitrogen and oxygen atoms in total. The molecule has 1 N–H and O–H groups in total. The number of carbonyl (C=O) groups excluding carboxylic acids is 2. The smallest absolute Gasteiger partial charge is 0.313 e. The van der Waals surface area contributed by atoms with Crippen molar-refractivity contribution in [2.45, 2.75) is 51.0 Å². The number of unbranched alkanes of at least 4 members (excludes halogenated alkanes) is 2. The molecule has 0 spiro atoms. The molecule has 2 aromatic carbocycles. The molecule has 1 amide bonds. The van der Waals surface area contributed by atoms with Crippen LogP contribution in [0.15, 0.2) is 60.7 Å². The lowest BCUT2D eigenvalue weighted by molar-refractivity contribution is -0.143. The fourth-order valence-electron chi connectivity index (χ4n) is 4.23. The molecule has 0 heterocycles. The maximum absolute atomic E-state index is 12.7. The van der Waals surface area contributed by atoms with E-state index in [4.69, 9.17) is 9.47 Å². The maximum atomic E-state index is 12.7. The van der Waals surface area contributed by atoms with Gasteiger partial charge in [0.15, 0.2) is 0 Å². The minimum atomic E-state index is -0.425. The largest absolute Gasteiger partial charge is 0.497 e. The van der Waals surface area contributed by atoms with E-state index >= 15 is 0 Å². The van der Waals surface area contributed by atoms with Crippen molar-refractivity contribution >= 4 is 11.9 Å². The monoisotopic (exact) mass is 435 g/mol. The molecule has 0 radical (unpaired) electrons. The summed E-state index contributed by atoms with van der Waals surface area (Å²) in [7, 11) is 3.02. The number of allylic oxidation sites excluding steroid dienone is 1. The molecule has 1 aliphatic carbocycles. The highest BCUT2D eigenvalue weighted by molar-refractivity contribution is 5.94. The molecule has 32 heavy (non-hydrogen) atoms. The summed E-state index contributed by atoms with van der Waals surface area (Å²) in [6.45, 7) is 2.19. The Bertz CT molecular complexity index is 918. The summed E-state index contributed by atoms with van der Waals surface area (Å²) in [5.41, 5.74) is 2.79. The van der Waals surface area contributed by atoms with Crippen LogP contribution in [-0.4, -0.2) is 32.1 Å². The first-order valence-electron chi connectivity index (χ1n) is 11.4. The van der Waals surface area contributed by atoms with Crippen molar-refractivity contribution in [2.75, 3.05) is 14.2 Å². The number of hydrogen-bond acceptors (Lipinski definition) is 4. The molecule has 3 atom stereocenters. The highest BCUT2D eigenvalue weighted by Crippen LogP contribution is 2.35. The van der Waals surface area contributed by atoms with E-state index in [1.165, 1.54) is 31.9 Å². The summed E-state index contributed by atoms with van der Waals surface area (Å²) in [5, 5.41) is 3.08. The second-order valence-electron chi connectivity index (χ2n) is 8.29. The molecule has 0 saturated heterocycles. The van der Waals surface area contributed by atoms with Gasteiger partial charge in [0.2, 0.25) is 0 Å². The summed E-state index contributed by atoms with van der Waals surface area (Å²) in [4.78, 5) is 25.3. The van der Waals surface area contributed by atoms with E-state index in [1.54, 1.807) is 7.11 Å². The lowest BCUT2D eigenvalue weighted by atomic mass is 9.85. The Morgan fingerprint density at radius 3 is 2.34 bits per heavy atom. The van der Waals surface area contributed by atoms with E-state index in [-0.39, 0.29) is 23.8 Å². The van der Waals surface area contributed by atoms with Crippen LogP contribution in [0.25, 0.3) is 0 Å². The van der Waals surface area contributed by atoms with Crippen molar-refractivity contribution in [1.82, 2.24) is 5.32 Å². The third kappa shape index (κ3) is 6.00. The van der Waals surface area contributed by atoms with Crippen molar-refractivity contribution in [2.24, 2.45) is 5.92 Å². The minimum absolute atomic E-state index is 0.0536. The Balaban J connectivity index is 1.61. The van der Waals surface area contributed by atoms with Crippen LogP contribution in [0.5, 0.6) is 5.75 Å². The van der Waals surface area contributed by atoms with Gasteiger partial charge in [0, 0.05) is 11.6 Å². The van der Waals surface area contributed by atoms with Crippen molar-refractivity contribution in [3.8, 4) is 5.75 Å². The summed E-state index contributed by atoms with van der Waals surface area (Å²) >= 11 is 0. The zero-order chi connectivity index (χ0) is 22.9.